The number of ether oxygens (including phenoxy) is 1. The lowest BCUT2D eigenvalue weighted by atomic mass is 9.99. The third kappa shape index (κ3) is 5.75. The molecule has 0 radical (unpaired) electrons. The van der Waals surface area contributed by atoms with Crippen molar-refractivity contribution in [2.45, 2.75) is 53.0 Å². The van der Waals surface area contributed by atoms with Crippen molar-refractivity contribution >= 4 is 0 Å². The standard InChI is InChI=1S/C17H29NO/c1-5-7-8-11-19-13-17(18-6-2)16-10-9-14(3)12-15(16)4/h9-10,12,17-18H,5-8,11,13H2,1-4H3. The van der Waals surface area contributed by atoms with Crippen LogP contribution >= 0.6 is 0 Å². The fourth-order valence-electron chi connectivity index (χ4n) is 2.38. The molecule has 0 aromatic heterocycles. The van der Waals surface area contributed by atoms with Gasteiger partial charge in [-0.3, -0.25) is 0 Å². The van der Waals surface area contributed by atoms with Crippen LogP contribution in [0.4, 0.5) is 0 Å². The molecule has 0 bridgehead atoms. The summed E-state index contributed by atoms with van der Waals surface area (Å²) < 4.78 is 5.83. The minimum atomic E-state index is 0.312. The zero-order valence-corrected chi connectivity index (χ0v) is 13.0. The topological polar surface area (TPSA) is 21.3 Å². The van der Waals surface area contributed by atoms with Gasteiger partial charge in [0, 0.05) is 6.61 Å². The molecule has 1 aromatic rings. The molecule has 2 nitrogen and oxygen atoms in total. The lowest BCUT2D eigenvalue weighted by molar-refractivity contribution is 0.108. The second-order valence-corrected chi connectivity index (χ2v) is 5.25. The van der Waals surface area contributed by atoms with Crippen LogP contribution in [0, 0.1) is 13.8 Å². The second-order valence-electron chi connectivity index (χ2n) is 5.25. The molecule has 1 N–H and O–H groups in total. The number of hydrogen-bond acceptors (Lipinski definition) is 2. The highest BCUT2D eigenvalue weighted by Gasteiger charge is 2.12. The average molecular weight is 263 g/mol. The Labute approximate surface area is 118 Å². The Morgan fingerprint density at radius 2 is 1.95 bits per heavy atom. The maximum Gasteiger partial charge on any atom is 0.0661 e. The predicted molar refractivity (Wildman–Crippen MR) is 82.7 cm³/mol. The first-order valence-corrected chi connectivity index (χ1v) is 7.57. The van der Waals surface area contributed by atoms with Crippen LogP contribution in [0.5, 0.6) is 0 Å². The van der Waals surface area contributed by atoms with Crippen LogP contribution < -0.4 is 5.32 Å². The zero-order chi connectivity index (χ0) is 14.1. The Hall–Kier alpha value is -0.860. The molecule has 108 valence electrons. The number of hydrogen-bond donors (Lipinski definition) is 1. The molecule has 0 saturated heterocycles. The molecule has 2 heteroatoms. The van der Waals surface area contributed by atoms with Gasteiger partial charge in [0.05, 0.1) is 12.6 Å². The van der Waals surface area contributed by atoms with E-state index >= 15 is 0 Å². The van der Waals surface area contributed by atoms with E-state index in [1.807, 2.05) is 0 Å². The van der Waals surface area contributed by atoms with E-state index in [9.17, 15) is 0 Å². The maximum absolute atomic E-state index is 5.83. The van der Waals surface area contributed by atoms with Crippen LogP contribution in [-0.2, 0) is 4.74 Å². The normalized spacial score (nSPS) is 12.6. The molecule has 1 rings (SSSR count). The minimum Gasteiger partial charge on any atom is -0.379 e. The number of likely N-dealkylation sites (N-methyl/N-ethyl adjacent to an activating group) is 1. The molecule has 1 atom stereocenters. The number of aryl methyl sites for hydroxylation is 2. The summed E-state index contributed by atoms with van der Waals surface area (Å²) in [7, 11) is 0. The van der Waals surface area contributed by atoms with Crippen LogP contribution in [0.3, 0.4) is 0 Å². The van der Waals surface area contributed by atoms with Crippen molar-refractivity contribution < 1.29 is 4.74 Å². The largest absolute Gasteiger partial charge is 0.379 e. The molecule has 0 aliphatic rings. The monoisotopic (exact) mass is 263 g/mol. The lowest BCUT2D eigenvalue weighted by Gasteiger charge is -2.21. The van der Waals surface area contributed by atoms with Gasteiger partial charge in [0.2, 0.25) is 0 Å². The number of nitrogens with one attached hydrogen (secondary N) is 1. The number of unbranched alkanes of at least 4 members (excludes halogenated alkanes) is 2. The minimum absolute atomic E-state index is 0.312. The van der Waals surface area contributed by atoms with Crippen LogP contribution in [-0.4, -0.2) is 19.8 Å². The van der Waals surface area contributed by atoms with Gasteiger partial charge in [0.1, 0.15) is 0 Å². The van der Waals surface area contributed by atoms with Gasteiger partial charge < -0.3 is 10.1 Å². The van der Waals surface area contributed by atoms with Gasteiger partial charge >= 0.3 is 0 Å². The van der Waals surface area contributed by atoms with E-state index in [-0.39, 0.29) is 0 Å². The summed E-state index contributed by atoms with van der Waals surface area (Å²) in [6.45, 7) is 11.3. The zero-order valence-electron chi connectivity index (χ0n) is 13.0. The van der Waals surface area contributed by atoms with Crippen LogP contribution in [0.15, 0.2) is 18.2 Å². The highest BCUT2D eigenvalue weighted by atomic mass is 16.5. The third-order valence-corrected chi connectivity index (χ3v) is 3.43. The summed E-state index contributed by atoms with van der Waals surface area (Å²) in [6.07, 6.45) is 3.68. The molecule has 0 amide bonds. The van der Waals surface area contributed by atoms with E-state index in [1.165, 1.54) is 36.0 Å². The summed E-state index contributed by atoms with van der Waals surface area (Å²) in [5, 5.41) is 3.53. The van der Waals surface area contributed by atoms with E-state index in [1.54, 1.807) is 0 Å². The molecule has 0 heterocycles. The van der Waals surface area contributed by atoms with Crippen LogP contribution in [0.25, 0.3) is 0 Å². The molecule has 1 unspecified atom stereocenters. The first-order valence-electron chi connectivity index (χ1n) is 7.57. The number of rotatable bonds is 9. The highest BCUT2D eigenvalue weighted by Crippen LogP contribution is 2.19. The predicted octanol–water partition coefficient (Wildman–Crippen LogP) is 4.16. The molecule has 0 saturated carbocycles. The van der Waals surface area contributed by atoms with E-state index in [0.717, 1.165) is 19.8 Å². The lowest BCUT2D eigenvalue weighted by Crippen LogP contribution is -2.26. The van der Waals surface area contributed by atoms with Crippen molar-refractivity contribution in [3.8, 4) is 0 Å². The molecule has 0 aliphatic carbocycles. The maximum atomic E-state index is 5.83. The van der Waals surface area contributed by atoms with Gasteiger partial charge in [-0.05, 0) is 37.9 Å². The van der Waals surface area contributed by atoms with Crippen molar-refractivity contribution in [3.63, 3.8) is 0 Å². The highest BCUT2D eigenvalue weighted by molar-refractivity contribution is 5.32. The van der Waals surface area contributed by atoms with E-state index in [0.29, 0.717) is 6.04 Å². The van der Waals surface area contributed by atoms with Gasteiger partial charge in [0.25, 0.3) is 0 Å². The molecule has 0 fully saturated rings. The molecule has 0 aliphatic heterocycles. The van der Waals surface area contributed by atoms with Gasteiger partial charge in [0.15, 0.2) is 0 Å². The van der Waals surface area contributed by atoms with Gasteiger partial charge in [-0.25, -0.2) is 0 Å². The second kappa shape index (κ2) is 9.11. The molecule has 1 aromatic carbocycles. The summed E-state index contributed by atoms with van der Waals surface area (Å²) in [4.78, 5) is 0. The molecule has 19 heavy (non-hydrogen) atoms. The molecular weight excluding hydrogens is 234 g/mol. The van der Waals surface area contributed by atoms with Gasteiger partial charge in [-0.1, -0.05) is 50.5 Å². The van der Waals surface area contributed by atoms with Crippen molar-refractivity contribution in [1.82, 2.24) is 5.32 Å². The summed E-state index contributed by atoms with van der Waals surface area (Å²) in [6, 6.07) is 6.97. The van der Waals surface area contributed by atoms with Crippen molar-refractivity contribution in [3.05, 3.63) is 34.9 Å². The van der Waals surface area contributed by atoms with Crippen molar-refractivity contribution in [2.24, 2.45) is 0 Å². The van der Waals surface area contributed by atoms with Gasteiger partial charge in [-0.15, -0.1) is 0 Å². The van der Waals surface area contributed by atoms with E-state index in [4.69, 9.17) is 4.74 Å². The smallest absolute Gasteiger partial charge is 0.0661 e. The molecular formula is C17H29NO. The SMILES string of the molecule is CCCCCOCC(NCC)c1ccc(C)cc1C. The van der Waals surface area contributed by atoms with Crippen LogP contribution in [0.2, 0.25) is 0 Å². The summed E-state index contributed by atoms with van der Waals surface area (Å²) >= 11 is 0. The average Bonchev–Trinajstić information content (AvgIpc) is 2.38. The summed E-state index contributed by atoms with van der Waals surface area (Å²) in [5.41, 5.74) is 4.03. The van der Waals surface area contributed by atoms with E-state index in [2.05, 4.69) is 51.2 Å². The van der Waals surface area contributed by atoms with Crippen molar-refractivity contribution in [1.29, 1.82) is 0 Å². The Morgan fingerprint density at radius 3 is 2.58 bits per heavy atom. The quantitative estimate of drug-likeness (QED) is 0.675. The Morgan fingerprint density at radius 1 is 1.16 bits per heavy atom. The number of benzene rings is 1. The molecule has 0 spiro atoms. The third-order valence-electron chi connectivity index (χ3n) is 3.43. The fraction of sp³-hybridized carbons (Fsp3) is 0.647. The Kier molecular flexibility index (Phi) is 7.76. The Balaban J connectivity index is 2.55. The van der Waals surface area contributed by atoms with E-state index < -0.39 is 0 Å². The fourth-order valence-corrected chi connectivity index (χ4v) is 2.38. The first kappa shape index (κ1) is 16.2. The van der Waals surface area contributed by atoms with Crippen LogP contribution in [0.1, 0.15) is 55.8 Å². The van der Waals surface area contributed by atoms with Crippen molar-refractivity contribution in [2.75, 3.05) is 19.8 Å². The van der Waals surface area contributed by atoms with Gasteiger partial charge in [-0.2, -0.15) is 0 Å². The Bertz CT molecular complexity index is 362. The summed E-state index contributed by atoms with van der Waals surface area (Å²) in [5.74, 6) is 0. The first-order chi connectivity index (χ1) is 9.19.